The van der Waals surface area contributed by atoms with Crippen LogP contribution in [-0.4, -0.2) is 46.5 Å². The van der Waals surface area contributed by atoms with Crippen molar-refractivity contribution in [3.05, 3.63) is 47.4 Å². The zero-order chi connectivity index (χ0) is 19.8. The van der Waals surface area contributed by atoms with E-state index in [1.807, 2.05) is 6.92 Å². The molecule has 4 atom stereocenters. The number of hydrogen-bond acceptors (Lipinski definition) is 5. The molecule has 6 heteroatoms. The molecule has 3 aliphatic heterocycles. The van der Waals surface area contributed by atoms with E-state index in [2.05, 4.69) is 16.3 Å². The van der Waals surface area contributed by atoms with Gasteiger partial charge in [-0.25, -0.2) is 9.97 Å². The number of aryl methyl sites for hydroxylation is 1. The molecule has 0 spiro atoms. The standard InChI is InChI=1S/C23H30N4O2/c1-15-25-20(16-5-2-3-6-16)12-21(26-15)19-14-27-9-8-17(19)11-18(27)13-24-23(28)22-7-4-10-29-22/h4,7,10,12,16-19H,2-3,5-6,8-9,11,13-14H2,1H3,(H,24,28). The van der Waals surface area contributed by atoms with Crippen LogP contribution >= 0.6 is 0 Å². The molecule has 3 saturated heterocycles. The summed E-state index contributed by atoms with van der Waals surface area (Å²) in [5, 5.41) is 3.05. The molecule has 29 heavy (non-hydrogen) atoms. The summed E-state index contributed by atoms with van der Waals surface area (Å²) < 4.78 is 5.20. The molecule has 5 heterocycles. The van der Waals surface area contributed by atoms with Crippen LogP contribution in [0, 0.1) is 12.8 Å². The van der Waals surface area contributed by atoms with Gasteiger partial charge in [0.2, 0.25) is 0 Å². The van der Waals surface area contributed by atoms with Crippen molar-refractivity contribution in [3.63, 3.8) is 0 Å². The summed E-state index contributed by atoms with van der Waals surface area (Å²) in [5.41, 5.74) is 2.51. The van der Waals surface area contributed by atoms with Gasteiger partial charge in [-0.2, -0.15) is 0 Å². The van der Waals surface area contributed by atoms with Gasteiger partial charge in [0, 0.05) is 42.4 Å². The third-order valence-corrected chi connectivity index (χ3v) is 7.15. The minimum atomic E-state index is -0.123. The first-order valence-electron chi connectivity index (χ1n) is 11.1. The van der Waals surface area contributed by atoms with E-state index in [-0.39, 0.29) is 5.91 Å². The van der Waals surface area contributed by atoms with Crippen LogP contribution in [-0.2, 0) is 0 Å². The molecular formula is C23H30N4O2. The Morgan fingerprint density at radius 1 is 1.24 bits per heavy atom. The number of aromatic nitrogens is 2. The van der Waals surface area contributed by atoms with E-state index in [4.69, 9.17) is 14.4 Å². The fourth-order valence-corrected chi connectivity index (χ4v) is 5.63. The first kappa shape index (κ1) is 18.8. The molecule has 2 aromatic rings. The summed E-state index contributed by atoms with van der Waals surface area (Å²) in [7, 11) is 0. The predicted octanol–water partition coefficient (Wildman–Crippen LogP) is 3.64. The highest BCUT2D eigenvalue weighted by Crippen LogP contribution is 2.42. The van der Waals surface area contributed by atoms with E-state index in [1.54, 1.807) is 12.1 Å². The Kier molecular flexibility index (Phi) is 5.12. The number of furan rings is 1. The highest BCUT2D eigenvalue weighted by atomic mass is 16.3. The molecule has 6 nitrogen and oxygen atoms in total. The largest absolute Gasteiger partial charge is 0.459 e. The van der Waals surface area contributed by atoms with Gasteiger partial charge in [-0.1, -0.05) is 12.8 Å². The van der Waals surface area contributed by atoms with Crippen LogP contribution in [0.2, 0.25) is 0 Å². The van der Waals surface area contributed by atoms with Crippen molar-refractivity contribution in [2.75, 3.05) is 19.6 Å². The number of piperidine rings is 3. The highest BCUT2D eigenvalue weighted by molar-refractivity contribution is 5.91. The molecule has 4 fully saturated rings. The van der Waals surface area contributed by atoms with E-state index in [0.717, 1.165) is 25.3 Å². The molecule has 1 saturated carbocycles. The molecule has 2 aromatic heterocycles. The Hall–Kier alpha value is -2.21. The van der Waals surface area contributed by atoms with Crippen LogP contribution in [0.15, 0.2) is 28.9 Å². The number of nitrogens with one attached hydrogen (secondary N) is 1. The average molecular weight is 395 g/mol. The number of carbonyl (C=O) groups excluding carboxylic acids is 1. The van der Waals surface area contributed by atoms with Gasteiger partial charge in [0.15, 0.2) is 5.76 Å². The van der Waals surface area contributed by atoms with Crippen LogP contribution in [0.25, 0.3) is 0 Å². The van der Waals surface area contributed by atoms with Crippen LogP contribution < -0.4 is 5.32 Å². The van der Waals surface area contributed by atoms with E-state index >= 15 is 0 Å². The lowest BCUT2D eigenvalue weighted by Crippen LogP contribution is -2.56. The van der Waals surface area contributed by atoms with Crippen molar-refractivity contribution < 1.29 is 9.21 Å². The highest BCUT2D eigenvalue weighted by Gasteiger charge is 2.41. The lowest BCUT2D eigenvalue weighted by atomic mass is 9.74. The van der Waals surface area contributed by atoms with E-state index in [0.29, 0.717) is 36.1 Å². The second-order valence-corrected chi connectivity index (χ2v) is 8.97. The number of rotatable bonds is 5. The predicted molar refractivity (Wildman–Crippen MR) is 110 cm³/mol. The molecule has 0 aromatic carbocycles. The van der Waals surface area contributed by atoms with Crippen molar-refractivity contribution in [3.8, 4) is 0 Å². The van der Waals surface area contributed by atoms with Gasteiger partial charge in [0.25, 0.3) is 5.91 Å². The summed E-state index contributed by atoms with van der Waals surface area (Å²) in [4.78, 5) is 24.4. The fraction of sp³-hybridized carbons (Fsp3) is 0.609. The van der Waals surface area contributed by atoms with Crippen molar-refractivity contribution in [1.82, 2.24) is 20.2 Å². The van der Waals surface area contributed by atoms with Crippen molar-refractivity contribution in [1.29, 1.82) is 0 Å². The van der Waals surface area contributed by atoms with Crippen LogP contribution in [0.1, 0.15) is 78.1 Å². The Morgan fingerprint density at radius 3 is 2.79 bits per heavy atom. The summed E-state index contributed by atoms with van der Waals surface area (Å²) in [6, 6.07) is 6.16. The Bertz CT molecular complexity index is 860. The van der Waals surface area contributed by atoms with E-state index < -0.39 is 0 Å². The van der Waals surface area contributed by atoms with Crippen LogP contribution in [0.4, 0.5) is 0 Å². The molecule has 154 valence electrons. The molecule has 6 rings (SSSR count). The van der Waals surface area contributed by atoms with Gasteiger partial charge in [-0.05, 0) is 63.3 Å². The van der Waals surface area contributed by atoms with E-state index in [9.17, 15) is 4.79 Å². The minimum Gasteiger partial charge on any atom is -0.459 e. The smallest absolute Gasteiger partial charge is 0.287 e. The summed E-state index contributed by atoms with van der Waals surface area (Å²) in [6.07, 6.45) is 9.07. The third kappa shape index (κ3) is 3.82. The van der Waals surface area contributed by atoms with Crippen LogP contribution in [0.3, 0.4) is 0 Å². The van der Waals surface area contributed by atoms with Gasteiger partial charge in [0.05, 0.1) is 6.26 Å². The number of amides is 1. The van der Waals surface area contributed by atoms with Crippen LogP contribution in [0.5, 0.6) is 0 Å². The molecule has 1 N–H and O–H groups in total. The van der Waals surface area contributed by atoms with Crippen molar-refractivity contribution >= 4 is 5.91 Å². The topological polar surface area (TPSA) is 71.3 Å². The summed E-state index contributed by atoms with van der Waals surface area (Å²) in [6.45, 7) is 4.86. The molecule has 1 amide bonds. The van der Waals surface area contributed by atoms with Gasteiger partial charge >= 0.3 is 0 Å². The zero-order valence-corrected chi connectivity index (χ0v) is 17.1. The normalized spacial score (nSPS) is 29.3. The average Bonchev–Trinajstić information content (AvgIpc) is 3.46. The third-order valence-electron chi connectivity index (χ3n) is 7.15. The first-order chi connectivity index (χ1) is 14.2. The lowest BCUT2D eigenvalue weighted by Gasteiger charge is -2.49. The number of hydrogen-bond donors (Lipinski definition) is 1. The quantitative estimate of drug-likeness (QED) is 0.838. The van der Waals surface area contributed by atoms with Gasteiger partial charge in [-0.15, -0.1) is 0 Å². The van der Waals surface area contributed by atoms with Crippen molar-refractivity contribution in [2.45, 2.75) is 63.3 Å². The lowest BCUT2D eigenvalue weighted by molar-refractivity contribution is 0.0287. The van der Waals surface area contributed by atoms with Gasteiger partial charge in [0.1, 0.15) is 5.82 Å². The maximum Gasteiger partial charge on any atom is 0.287 e. The molecule has 0 radical (unpaired) electrons. The van der Waals surface area contributed by atoms with Gasteiger partial charge < -0.3 is 9.73 Å². The first-order valence-corrected chi connectivity index (χ1v) is 11.1. The van der Waals surface area contributed by atoms with Gasteiger partial charge in [-0.3, -0.25) is 9.69 Å². The molecule has 2 bridgehead atoms. The molecule has 4 unspecified atom stereocenters. The minimum absolute atomic E-state index is 0.123. The number of nitrogens with zero attached hydrogens (tertiary/aromatic N) is 3. The monoisotopic (exact) mass is 394 g/mol. The fourth-order valence-electron chi connectivity index (χ4n) is 5.63. The molecular weight excluding hydrogens is 364 g/mol. The number of fused-ring (bicyclic) bond motifs is 3. The summed E-state index contributed by atoms with van der Waals surface area (Å²) in [5.74, 6) is 2.93. The number of carbonyl (C=O) groups is 1. The maximum absolute atomic E-state index is 12.2. The Labute approximate surface area is 172 Å². The Morgan fingerprint density at radius 2 is 2.07 bits per heavy atom. The second-order valence-electron chi connectivity index (χ2n) is 8.97. The zero-order valence-electron chi connectivity index (χ0n) is 17.1. The maximum atomic E-state index is 12.2. The van der Waals surface area contributed by atoms with Crippen molar-refractivity contribution in [2.24, 2.45) is 5.92 Å². The Balaban J connectivity index is 1.26. The molecule has 4 aliphatic rings. The van der Waals surface area contributed by atoms with E-state index in [1.165, 1.54) is 49.8 Å². The SMILES string of the molecule is Cc1nc(C2CCCC2)cc(C2CN3CCC2CC3CNC(=O)c2ccco2)n1. The second kappa shape index (κ2) is 7.90. The molecule has 1 aliphatic carbocycles. The summed E-state index contributed by atoms with van der Waals surface area (Å²) >= 11 is 0.